The fourth-order valence-corrected chi connectivity index (χ4v) is 2.38. The van der Waals surface area contributed by atoms with Crippen molar-refractivity contribution in [1.29, 1.82) is 0 Å². The van der Waals surface area contributed by atoms with Crippen LogP contribution in [-0.4, -0.2) is 7.11 Å². The number of hydrogen-bond acceptors (Lipinski definition) is 2. The van der Waals surface area contributed by atoms with Gasteiger partial charge in [-0.2, -0.15) is 0 Å². The van der Waals surface area contributed by atoms with Crippen LogP contribution in [-0.2, 0) is 6.42 Å². The van der Waals surface area contributed by atoms with Crippen LogP contribution in [0.1, 0.15) is 28.3 Å². The average molecular weight is 291 g/mol. The molecule has 1 atom stereocenters. The molecule has 21 heavy (non-hydrogen) atoms. The molecule has 2 aromatic carbocycles. The zero-order valence-electron chi connectivity index (χ0n) is 12.4. The lowest BCUT2D eigenvalue weighted by molar-refractivity contribution is 0.407. The fraction of sp³-hybridized carbons (Fsp3) is 0.294. The molecule has 0 aliphatic heterocycles. The first-order valence-corrected chi connectivity index (χ1v) is 6.77. The van der Waals surface area contributed by atoms with Crippen LogP contribution in [0.25, 0.3) is 0 Å². The number of rotatable bonds is 4. The number of ether oxygens (including phenoxy) is 1. The molecular formula is C17H19F2NO. The van der Waals surface area contributed by atoms with Crippen LogP contribution in [0.15, 0.2) is 30.3 Å². The van der Waals surface area contributed by atoms with Gasteiger partial charge in [-0.1, -0.05) is 17.7 Å². The largest absolute Gasteiger partial charge is 0.496 e. The Balaban J connectivity index is 2.32. The zero-order valence-corrected chi connectivity index (χ0v) is 12.4. The van der Waals surface area contributed by atoms with Gasteiger partial charge in [-0.15, -0.1) is 0 Å². The van der Waals surface area contributed by atoms with Crippen molar-refractivity contribution in [3.63, 3.8) is 0 Å². The van der Waals surface area contributed by atoms with Crippen LogP contribution in [0.2, 0.25) is 0 Å². The quantitative estimate of drug-likeness (QED) is 0.929. The highest BCUT2D eigenvalue weighted by Gasteiger charge is 2.16. The van der Waals surface area contributed by atoms with Crippen LogP contribution < -0.4 is 10.5 Å². The van der Waals surface area contributed by atoms with Crippen molar-refractivity contribution >= 4 is 0 Å². The summed E-state index contributed by atoms with van der Waals surface area (Å²) in [6.07, 6.45) is 0.423. The third-order valence-corrected chi connectivity index (χ3v) is 3.55. The normalized spacial score (nSPS) is 12.3. The number of methoxy groups -OCH3 is 1. The summed E-state index contributed by atoms with van der Waals surface area (Å²) < 4.78 is 32.5. The molecule has 2 N–H and O–H groups in total. The lowest BCUT2D eigenvalue weighted by Crippen LogP contribution is -2.16. The highest BCUT2D eigenvalue weighted by molar-refractivity contribution is 5.39. The minimum atomic E-state index is -0.614. The Kier molecular flexibility index (Phi) is 4.58. The predicted molar refractivity (Wildman–Crippen MR) is 79.5 cm³/mol. The van der Waals surface area contributed by atoms with Gasteiger partial charge in [0.05, 0.1) is 7.11 Å². The smallest absolute Gasteiger partial charge is 0.130 e. The molecule has 0 amide bonds. The van der Waals surface area contributed by atoms with Crippen LogP contribution >= 0.6 is 0 Å². The molecule has 0 heterocycles. The van der Waals surface area contributed by atoms with Crippen molar-refractivity contribution in [3.8, 4) is 5.75 Å². The monoisotopic (exact) mass is 291 g/mol. The van der Waals surface area contributed by atoms with Gasteiger partial charge in [-0.05, 0) is 43.5 Å². The number of aryl methyl sites for hydroxylation is 2. The number of hydrogen-bond donors (Lipinski definition) is 1. The molecule has 1 unspecified atom stereocenters. The molecule has 0 saturated heterocycles. The molecule has 0 aliphatic carbocycles. The van der Waals surface area contributed by atoms with Gasteiger partial charge in [0.15, 0.2) is 0 Å². The van der Waals surface area contributed by atoms with Crippen LogP contribution in [0.4, 0.5) is 8.78 Å². The van der Waals surface area contributed by atoms with Gasteiger partial charge in [0, 0.05) is 17.7 Å². The summed E-state index contributed by atoms with van der Waals surface area (Å²) in [7, 11) is 1.59. The topological polar surface area (TPSA) is 35.2 Å². The maximum Gasteiger partial charge on any atom is 0.130 e. The molecule has 0 saturated carbocycles. The minimum Gasteiger partial charge on any atom is -0.496 e. The SMILES string of the molecule is COc1ccc(C)cc1CC(N)c1cc(C)c(F)cc1F. The number of halogens is 2. The summed E-state index contributed by atoms with van der Waals surface area (Å²) in [6, 6.07) is 7.57. The molecule has 4 heteroatoms. The molecule has 0 aliphatic rings. The Morgan fingerprint density at radius 3 is 2.48 bits per heavy atom. The minimum absolute atomic E-state index is 0.317. The van der Waals surface area contributed by atoms with Crippen LogP contribution in [0.5, 0.6) is 5.75 Å². The van der Waals surface area contributed by atoms with Gasteiger partial charge in [0.2, 0.25) is 0 Å². The average Bonchev–Trinajstić information content (AvgIpc) is 2.43. The molecule has 2 rings (SSSR count). The van der Waals surface area contributed by atoms with Crippen molar-refractivity contribution in [2.24, 2.45) is 5.73 Å². The van der Waals surface area contributed by atoms with E-state index >= 15 is 0 Å². The highest BCUT2D eigenvalue weighted by atomic mass is 19.1. The molecule has 0 radical (unpaired) electrons. The van der Waals surface area contributed by atoms with E-state index in [1.807, 2.05) is 25.1 Å². The van der Waals surface area contributed by atoms with Gasteiger partial charge in [0.25, 0.3) is 0 Å². The highest BCUT2D eigenvalue weighted by Crippen LogP contribution is 2.27. The molecule has 0 spiro atoms. The summed E-state index contributed by atoms with van der Waals surface area (Å²) >= 11 is 0. The third-order valence-electron chi connectivity index (χ3n) is 3.55. The maximum atomic E-state index is 13.9. The fourth-order valence-electron chi connectivity index (χ4n) is 2.38. The summed E-state index contributed by atoms with van der Waals surface area (Å²) in [5.74, 6) is -0.455. The van der Waals surface area contributed by atoms with Gasteiger partial charge in [-0.3, -0.25) is 0 Å². The number of nitrogens with two attached hydrogens (primary N) is 1. The molecule has 2 nitrogen and oxygen atoms in total. The number of benzene rings is 2. The summed E-state index contributed by atoms with van der Waals surface area (Å²) in [5.41, 5.74) is 8.79. The van der Waals surface area contributed by atoms with E-state index in [1.165, 1.54) is 6.07 Å². The first-order valence-electron chi connectivity index (χ1n) is 6.77. The van der Waals surface area contributed by atoms with Crippen LogP contribution in [0, 0.1) is 25.5 Å². The Bertz CT molecular complexity index is 655. The second kappa shape index (κ2) is 6.22. The molecule has 112 valence electrons. The first-order chi connectivity index (χ1) is 9.92. The maximum absolute atomic E-state index is 13.9. The summed E-state index contributed by atoms with van der Waals surface area (Å²) in [6.45, 7) is 3.56. The van der Waals surface area contributed by atoms with E-state index in [0.717, 1.165) is 22.9 Å². The zero-order chi connectivity index (χ0) is 15.6. The van der Waals surface area contributed by atoms with E-state index in [0.29, 0.717) is 17.5 Å². The Hall–Kier alpha value is -1.94. The van der Waals surface area contributed by atoms with Crippen molar-refractivity contribution in [2.45, 2.75) is 26.3 Å². The summed E-state index contributed by atoms with van der Waals surface area (Å²) in [5, 5.41) is 0. The van der Waals surface area contributed by atoms with E-state index < -0.39 is 17.7 Å². The summed E-state index contributed by atoms with van der Waals surface area (Å²) in [4.78, 5) is 0. The first kappa shape index (κ1) is 15.4. The van der Waals surface area contributed by atoms with E-state index in [2.05, 4.69) is 0 Å². The predicted octanol–water partition coefficient (Wildman–Crippen LogP) is 3.83. The second-order valence-electron chi connectivity index (χ2n) is 5.25. The van der Waals surface area contributed by atoms with E-state index in [9.17, 15) is 8.78 Å². The lowest BCUT2D eigenvalue weighted by Gasteiger charge is -2.16. The van der Waals surface area contributed by atoms with Gasteiger partial charge in [0.1, 0.15) is 17.4 Å². The Morgan fingerprint density at radius 2 is 1.81 bits per heavy atom. The van der Waals surface area contributed by atoms with Crippen LogP contribution in [0.3, 0.4) is 0 Å². The van der Waals surface area contributed by atoms with Gasteiger partial charge in [-0.25, -0.2) is 8.78 Å². The van der Waals surface area contributed by atoms with Crippen molar-refractivity contribution in [2.75, 3.05) is 7.11 Å². The van der Waals surface area contributed by atoms with E-state index in [1.54, 1.807) is 14.0 Å². The van der Waals surface area contributed by atoms with E-state index in [-0.39, 0.29) is 0 Å². The Labute approximate surface area is 123 Å². The van der Waals surface area contributed by atoms with E-state index in [4.69, 9.17) is 10.5 Å². The molecule has 2 aromatic rings. The van der Waals surface area contributed by atoms with Crippen molar-refractivity contribution < 1.29 is 13.5 Å². The third kappa shape index (κ3) is 3.39. The molecular weight excluding hydrogens is 272 g/mol. The molecule has 0 aromatic heterocycles. The van der Waals surface area contributed by atoms with Gasteiger partial charge >= 0.3 is 0 Å². The molecule has 0 fully saturated rings. The van der Waals surface area contributed by atoms with Gasteiger partial charge < -0.3 is 10.5 Å². The Morgan fingerprint density at radius 1 is 1.10 bits per heavy atom. The van der Waals surface area contributed by atoms with Crippen molar-refractivity contribution in [3.05, 3.63) is 64.2 Å². The molecule has 0 bridgehead atoms. The lowest BCUT2D eigenvalue weighted by atomic mass is 9.96. The van der Waals surface area contributed by atoms with Crippen molar-refractivity contribution in [1.82, 2.24) is 0 Å². The second-order valence-corrected chi connectivity index (χ2v) is 5.25. The standard InChI is InChI=1S/C17H19F2NO/c1-10-4-5-17(21-3)12(6-10)8-16(20)13-7-11(2)14(18)9-15(13)19/h4-7,9,16H,8,20H2,1-3H3.